The lowest BCUT2D eigenvalue weighted by Crippen LogP contribution is -2.35. The third kappa shape index (κ3) is 5.31. The van der Waals surface area contributed by atoms with Gasteiger partial charge in [0.2, 0.25) is 5.88 Å². The van der Waals surface area contributed by atoms with Crippen molar-refractivity contribution < 1.29 is 4.74 Å². The van der Waals surface area contributed by atoms with Gasteiger partial charge in [-0.1, -0.05) is 19.9 Å². The molecule has 3 heteroatoms. The van der Waals surface area contributed by atoms with E-state index in [1.807, 2.05) is 12.3 Å². The molecule has 2 rings (SSSR count). The fourth-order valence-corrected chi connectivity index (χ4v) is 3.15. The minimum atomic E-state index is 0.0982. The number of hydrogen-bond donors (Lipinski definition) is 1. The van der Waals surface area contributed by atoms with Gasteiger partial charge in [-0.3, -0.25) is 0 Å². The number of hydrogen-bond acceptors (Lipinski definition) is 3. The van der Waals surface area contributed by atoms with Crippen molar-refractivity contribution in [3.63, 3.8) is 0 Å². The van der Waals surface area contributed by atoms with Gasteiger partial charge in [0.15, 0.2) is 0 Å². The zero-order chi connectivity index (χ0) is 15.5. The summed E-state index contributed by atoms with van der Waals surface area (Å²) in [5, 5.41) is 3.51. The van der Waals surface area contributed by atoms with E-state index in [0.29, 0.717) is 6.10 Å². The van der Waals surface area contributed by atoms with Gasteiger partial charge in [-0.25, -0.2) is 4.98 Å². The molecule has 0 bridgehead atoms. The van der Waals surface area contributed by atoms with Crippen LogP contribution in [0.15, 0.2) is 18.3 Å². The molecule has 2 atom stereocenters. The summed E-state index contributed by atoms with van der Waals surface area (Å²) in [5.74, 6) is 2.30. The molecule has 0 spiro atoms. The molecule has 21 heavy (non-hydrogen) atoms. The second kappa shape index (κ2) is 6.78. The van der Waals surface area contributed by atoms with Crippen LogP contribution in [0.1, 0.15) is 59.4 Å². The van der Waals surface area contributed by atoms with E-state index in [2.05, 4.69) is 51.0 Å². The number of aromatic nitrogens is 1. The first-order valence-corrected chi connectivity index (χ1v) is 8.19. The van der Waals surface area contributed by atoms with Crippen molar-refractivity contribution in [2.24, 2.45) is 11.8 Å². The summed E-state index contributed by atoms with van der Waals surface area (Å²) < 4.78 is 6.24. The van der Waals surface area contributed by atoms with Crippen LogP contribution in [0.2, 0.25) is 0 Å². The summed E-state index contributed by atoms with van der Waals surface area (Å²) in [6, 6.07) is 4.09. The molecule has 1 aliphatic rings. The normalized spacial score (nSPS) is 26.6. The highest BCUT2D eigenvalue weighted by atomic mass is 16.5. The Morgan fingerprint density at radius 1 is 1.19 bits per heavy atom. The maximum Gasteiger partial charge on any atom is 0.218 e. The fourth-order valence-electron chi connectivity index (χ4n) is 3.15. The molecule has 1 aliphatic carbocycles. The maximum absolute atomic E-state index is 6.24. The molecule has 1 aromatic heterocycles. The molecule has 0 saturated heterocycles. The second-order valence-electron chi connectivity index (χ2n) is 7.73. The Balaban J connectivity index is 2.02. The minimum Gasteiger partial charge on any atom is -0.474 e. The molecule has 1 aromatic rings. The van der Waals surface area contributed by atoms with Crippen LogP contribution < -0.4 is 10.1 Å². The Morgan fingerprint density at radius 3 is 2.48 bits per heavy atom. The smallest absolute Gasteiger partial charge is 0.218 e. The Labute approximate surface area is 129 Å². The van der Waals surface area contributed by atoms with E-state index in [0.717, 1.165) is 42.7 Å². The van der Waals surface area contributed by atoms with E-state index < -0.39 is 0 Å². The number of ether oxygens (including phenoxy) is 1. The lowest BCUT2D eigenvalue weighted by atomic mass is 9.82. The van der Waals surface area contributed by atoms with Gasteiger partial charge in [0.05, 0.1) is 0 Å². The van der Waals surface area contributed by atoms with Crippen molar-refractivity contribution in [1.29, 1.82) is 0 Å². The van der Waals surface area contributed by atoms with E-state index in [9.17, 15) is 0 Å². The summed E-state index contributed by atoms with van der Waals surface area (Å²) in [4.78, 5) is 4.46. The van der Waals surface area contributed by atoms with Gasteiger partial charge >= 0.3 is 0 Å². The van der Waals surface area contributed by atoms with Gasteiger partial charge in [0.25, 0.3) is 0 Å². The zero-order valence-corrected chi connectivity index (χ0v) is 14.1. The van der Waals surface area contributed by atoms with Crippen LogP contribution >= 0.6 is 0 Å². The number of rotatable bonds is 4. The van der Waals surface area contributed by atoms with Gasteiger partial charge in [-0.15, -0.1) is 0 Å². The molecule has 1 saturated carbocycles. The van der Waals surface area contributed by atoms with E-state index in [-0.39, 0.29) is 5.54 Å². The largest absolute Gasteiger partial charge is 0.474 e. The van der Waals surface area contributed by atoms with Crippen LogP contribution in [-0.2, 0) is 6.54 Å². The fraction of sp³-hybridized carbons (Fsp3) is 0.722. The van der Waals surface area contributed by atoms with E-state index in [1.54, 1.807) is 0 Å². The molecule has 2 unspecified atom stereocenters. The van der Waals surface area contributed by atoms with Crippen molar-refractivity contribution in [3.05, 3.63) is 23.9 Å². The summed E-state index contributed by atoms with van der Waals surface area (Å²) in [6.45, 7) is 12.0. The second-order valence-corrected chi connectivity index (χ2v) is 7.73. The first-order chi connectivity index (χ1) is 9.83. The molecule has 1 fully saturated rings. The van der Waals surface area contributed by atoms with Gasteiger partial charge in [-0.2, -0.15) is 0 Å². The molecule has 0 aliphatic heterocycles. The standard InChI is InChI=1S/C18H30N2O/c1-13-9-14(2)11-16(10-13)21-17-15(7-6-8-19-17)12-20-18(3,4)5/h6-8,13-14,16,20H,9-12H2,1-5H3. The monoisotopic (exact) mass is 290 g/mol. The SMILES string of the molecule is CC1CC(C)CC(Oc2ncccc2CNC(C)(C)C)C1. The van der Waals surface area contributed by atoms with Gasteiger partial charge in [0.1, 0.15) is 6.10 Å². The van der Waals surface area contributed by atoms with E-state index >= 15 is 0 Å². The lowest BCUT2D eigenvalue weighted by molar-refractivity contribution is 0.0954. The number of nitrogens with one attached hydrogen (secondary N) is 1. The highest BCUT2D eigenvalue weighted by Crippen LogP contribution is 2.31. The molecule has 118 valence electrons. The van der Waals surface area contributed by atoms with Gasteiger partial charge < -0.3 is 10.1 Å². The molecular weight excluding hydrogens is 260 g/mol. The summed E-state index contributed by atoms with van der Waals surface area (Å²) in [7, 11) is 0. The predicted molar refractivity (Wildman–Crippen MR) is 87.4 cm³/mol. The average Bonchev–Trinajstić information content (AvgIpc) is 2.35. The first-order valence-electron chi connectivity index (χ1n) is 8.19. The van der Waals surface area contributed by atoms with Crippen LogP contribution in [0.4, 0.5) is 0 Å². The lowest BCUT2D eigenvalue weighted by Gasteiger charge is -2.32. The maximum atomic E-state index is 6.24. The Kier molecular flexibility index (Phi) is 5.26. The predicted octanol–water partition coefficient (Wildman–Crippen LogP) is 4.17. The number of pyridine rings is 1. The van der Waals surface area contributed by atoms with Crippen LogP contribution in [0.3, 0.4) is 0 Å². The van der Waals surface area contributed by atoms with Crippen LogP contribution in [0.25, 0.3) is 0 Å². The Hall–Kier alpha value is -1.09. The first kappa shape index (κ1) is 16.3. The Bertz CT molecular complexity index is 443. The van der Waals surface area contributed by atoms with Gasteiger partial charge in [0, 0.05) is 23.8 Å². The van der Waals surface area contributed by atoms with Crippen LogP contribution in [-0.4, -0.2) is 16.6 Å². The molecule has 0 radical (unpaired) electrons. The highest BCUT2D eigenvalue weighted by molar-refractivity contribution is 5.25. The minimum absolute atomic E-state index is 0.0982. The average molecular weight is 290 g/mol. The zero-order valence-electron chi connectivity index (χ0n) is 14.1. The third-order valence-corrected chi connectivity index (χ3v) is 4.07. The molecule has 1 heterocycles. The molecular formula is C18H30N2O. The molecule has 0 amide bonds. The summed E-state index contributed by atoms with van der Waals surface area (Å²) >= 11 is 0. The van der Waals surface area contributed by atoms with Crippen LogP contribution in [0.5, 0.6) is 5.88 Å². The van der Waals surface area contributed by atoms with Gasteiger partial charge in [-0.05, 0) is 57.9 Å². The van der Waals surface area contributed by atoms with Crippen LogP contribution in [0, 0.1) is 11.8 Å². The molecule has 0 aromatic carbocycles. The summed E-state index contributed by atoms with van der Waals surface area (Å²) in [6.07, 6.45) is 5.75. The highest BCUT2D eigenvalue weighted by Gasteiger charge is 2.26. The van der Waals surface area contributed by atoms with Crippen molar-refractivity contribution in [1.82, 2.24) is 10.3 Å². The summed E-state index contributed by atoms with van der Waals surface area (Å²) in [5.41, 5.74) is 1.25. The van der Waals surface area contributed by atoms with Crippen molar-refractivity contribution in [2.45, 2.75) is 72.1 Å². The van der Waals surface area contributed by atoms with Crippen molar-refractivity contribution >= 4 is 0 Å². The number of nitrogens with zero attached hydrogens (tertiary/aromatic N) is 1. The Morgan fingerprint density at radius 2 is 1.86 bits per heavy atom. The van der Waals surface area contributed by atoms with Crippen molar-refractivity contribution in [3.8, 4) is 5.88 Å². The quantitative estimate of drug-likeness (QED) is 0.903. The molecule has 1 N–H and O–H groups in total. The third-order valence-electron chi connectivity index (χ3n) is 4.07. The van der Waals surface area contributed by atoms with E-state index in [4.69, 9.17) is 4.74 Å². The molecule has 3 nitrogen and oxygen atoms in total. The van der Waals surface area contributed by atoms with Crippen molar-refractivity contribution in [2.75, 3.05) is 0 Å². The van der Waals surface area contributed by atoms with E-state index in [1.165, 1.54) is 6.42 Å². The topological polar surface area (TPSA) is 34.1 Å².